The van der Waals surface area contributed by atoms with Crippen LogP contribution in [0.25, 0.3) is 0 Å². The van der Waals surface area contributed by atoms with Crippen LogP contribution in [0.15, 0.2) is 48.5 Å². The fraction of sp³-hybridized carbons (Fsp3) is 0.176. The predicted molar refractivity (Wildman–Crippen MR) is 85.7 cm³/mol. The third-order valence-corrected chi connectivity index (χ3v) is 3.70. The molecule has 3 amide bonds. The van der Waals surface area contributed by atoms with Gasteiger partial charge in [-0.25, -0.2) is 13.6 Å². The number of benzene rings is 2. The Morgan fingerprint density at radius 2 is 1.75 bits per heavy atom. The topological polar surface area (TPSA) is 52.7 Å². The van der Waals surface area contributed by atoms with Crippen molar-refractivity contribution in [2.75, 3.05) is 29.9 Å². The molecule has 0 aliphatic carbocycles. The van der Waals surface area contributed by atoms with Crippen molar-refractivity contribution in [2.45, 2.75) is 0 Å². The zero-order valence-electron chi connectivity index (χ0n) is 12.7. The van der Waals surface area contributed by atoms with E-state index >= 15 is 0 Å². The number of nitrogens with one attached hydrogen (secondary N) is 1. The summed E-state index contributed by atoms with van der Waals surface area (Å²) >= 11 is 0. The standard InChI is InChI=1S/C17H15F2N3O2/c18-12-5-7-13(8-6-12)20-16(23)11-21-9-10-22(17(21)24)15-4-2-1-3-14(15)19/h1-8H,9-11H2,(H,20,23). The maximum absolute atomic E-state index is 13.8. The van der Waals surface area contributed by atoms with Crippen molar-refractivity contribution in [1.29, 1.82) is 0 Å². The normalized spacial score (nSPS) is 14.2. The number of urea groups is 1. The summed E-state index contributed by atoms with van der Waals surface area (Å²) in [5.41, 5.74) is 0.642. The number of hydrogen-bond acceptors (Lipinski definition) is 2. The Morgan fingerprint density at radius 1 is 1.04 bits per heavy atom. The van der Waals surface area contributed by atoms with Crippen molar-refractivity contribution in [1.82, 2.24) is 4.90 Å². The predicted octanol–water partition coefficient (Wildman–Crippen LogP) is 2.85. The minimum absolute atomic E-state index is 0.152. The molecule has 7 heteroatoms. The van der Waals surface area contributed by atoms with Gasteiger partial charge in [-0.3, -0.25) is 9.69 Å². The Balaban J connectivity index is 1.62. The zero-order chi connectivity index (χ0) is 17.1. The molecule has 1 fully saturated rings. The quantitative estimate of drug-likeness (QED) is 0.937. The average molecular weight is 331 g/mol. The minimum Gasteiger partial charge on any atom is -0.325 e. The number of rotatable bonds is 4. The minimum atomic E-state index is -0.483. The van der Waals surface area contributed by atoms with E-state index in [4.69, 9.17) is 0 Å². The summed E-state index contributed by atoms with van der Waals surface area (Å²) in [6.07, 6.45) is 0. The maximum atomic E-state index is 13.8. The van der Waals surface area contributed by atoms with E-state index in [2.05, 4.69) is 5.32 Å². The van der Waals surface area contributed by atoms with Crippen molar-refractivity contribution in [3.05, 3.63) is 60.2 Å². The fourth-order valence-electron chi connectivity index (χ4n) is 2.53. The van der Waals surface area contributed by atoms with Crippen molar-refractivity contribution >= 4 is 23.3 Å². The number of carbonyl (C=O) groups excluding carboxylic acids is 2. The molecule has 1 N–H and O–H groups in total. The molecule has 124 valence electrons. The number of amides is 3. The average Bonchev–Trinajstić information content (AvgIpc) is 2.91. The van der Waals surface area contributed by atoms with E-state index in [0.29, 0.717) is 18.8 Å². The Bertz CT molecular complexity index is 765. The third-order valence-electron chi connectivity index (χ3n) is 3.70. The highest BCUT2D eigenvalue weighted by Crippen LogP contribution is 2.23. The maximum Gasteiger partial charge on any atom is 0.325 e. The first-order valence-electron chi connectivity index (χ1n) is 7.41. The van der Waals surface area contributed by atoms with E-state index in [1.807, 2.05) is 0 Å². The molecule has 5 nitrogen and oxygen atoms in total. The molecule has 0 aromatic heterocycles. The second-order valence-corrected chi connectivity index (χ2v) is 5.36. The number of carbonyl (C=O) groups is 2. The van der Waals surface area contributed by atoms with Gasteiger partial charge in [0.1, 0.15) is 18.2 Å². The lowest BCUT2D eigenvalue weighted by molar-refractivity contribution is -0.116. The van der Waals surface area contributed by atoms with E-state index in [0.717, 1.165) is 0 Å². The van der Waals surface area contributed by atoms with Crippen LogP contribution in [-0.2, 0) is 4.79 Å². The summed E-state index contributed by atoms with van der Waals surface area (Å²) in [7, 11) is 0. The zero-order valence-corrected chi connectivity index (χ0v) is 12.7. The van der Waals surface area contributed by atoms with E-state index in [1.165, 1.54) is 46.2 Å². The van der Waals surface area contributed by atoms with Gasteiger partial charge in [-0.1, -0.05) is 12.1 Å². The summed E-state index contributed by atoms with van der Waals surface area (Å²) < 4.78 is 26.6. The van der Waals surface area contributed by atoms with Crippen LogP contribution in [0.2, 0.25) is 0 Å². The van der Waals surface area contributed by atoms with Gasteiger partial charge in [-0.05, 0) is 36.4 Å². The van der Waals surface area contributed by atoms with E-state index in [1.54, 1.807) is 12.1 Å². The lowest BCUT2D eigenvalue weighted by Gasteiger charge is -2.18. The molecule has 0 atom stereocenters. The van der Waals surface area contributed by atoms with Crippen LogP contribution in [-0.4, -0.2) is 36.5 Å². The Hall–Kier alpha value is -2.96. The largest absolute Gasteiger partial charge is 0.325 e. The number of nitrogens with zero attached hydrogens (tertiary/aromatic N) is 2. The second kappa shape index (κ2) is 6.66. The van der Waals surface area contributed by atoms with Crippen LogP contribution >= 0.6 is 0 Å². The first-order chi connectivity index (χ1) is 11.5. The monoisotopic (exact) mass is 331 g/mol. The molecule has 0 saturated carbocycles. The summed E-state index contributed by atoms with van der Waals surface area (Å²) in [6.45, 7) is 0.481. The van der Waals surface area contributed by atoms with Gasteiger partial charge in [0.05, 0.1) is 5.69 Å². The van der Waals surface area contributed by atoms with Gasteiger partial charge in [0, 0.05) is 18.8 Å². The summed E-state index contributed by atoms with van der Waals surface area (Å²) in [5.74, 6) is -1.28. The van der Waals surface area contributed by atoms with E-state index in [-0.39, 0.29) is 12.2 Å². The third kappa shape index (κ3) is 3.34. The SMILES string of the molecule is O=C(CN1CCN(c2ccccc2F)C1=O)Nc1ccc(F)cc1. The summed E-state index contributed by atoms with van der Waals surface area (Å²) in [6, 6.07) is 10.9. The van der Waals surface area contributed by atoms with Crippen molar-refractivity contribution in [3.63, 3.8) is 0 Å². The molecule has 2 aromatic rings. The van der Waals surface area contributed by atoms with Crippen LogP contribution in [0.4, 0.5) is 25.0 Å². The molecule has 1 aliphatic heterocycles. The highest BCUT2D eigenvalue weighted by Gasteiger charge is 2.32. The smallest absolute Gasteiger partial charge is 0.325 e. The summed E-state index contributed by atoms with van der Waals surface area (Å²) in [4.78, 5) is 27.0. The molecule has 0 unspecified atom stereocenters. The highest BCUT2D eigenvalue weighted by atomic mass is 19.1. The van der Waals surface area contributed by atoms with E-state index < -0.39 is 23.6 Å². The molecule has 1 heterocycles. The molecular formula is C17H15F2N3O2. The highest BCUT2D eigenvalue weighted by molar-refractivity contribution is 5.99. The van der Waals surface area contributed by atoms with Gasteiger partial charge >= 0.3 is 6.03 Å². The Morgan fingerprint density at radius 3 is 2.46 bits per heavy atom. The van der Waals surface area contributed by atoms with Crippen LogP contribution in [0, 0.1) is 11.6 Å². The number of halogens is 2. The molecule has 3 rings (SSSR count). The number of anilines is 2. The first-order valence-corrected chi connectivity index (χ1v) is 7.41. The van der Waals surface area contributed by atoms with Crippen molar-refractivity contribution in [2.24, 2.45) is 0 Å². The second-order valence-electron chi connectivity index (χ2n) is 5.36. The molecule has 1 aliphatic rings. The van der Waals surface area contributed by atoms with Gasteiger partial charge in [-0.2, -0.15) is 0 Å². The van der Waals surface area contributed by atoms with Crippen molar-refractivity contribution < 1.29 is 18.4 Å². The summed E-state index contributed by atoms with van der Waals surface area (Å²) in [5, 5.41) is 2.59. The molecule has 0 radical (unpaired) electrons. The van der Waals surface area contributed by atoms with Gasteiger partial charge in [0.15, 0.2) is 0 Å². The molecule has 1 saturated heterocycles. The molecule has 2 aromatic carbocycles. The van der Waals surface area contributed by atoms with E-state index in [9.17, 15) is 18.4 Å². The molecule has 0 spiro atoms. The van der Waals surface area contributed by atoms with Crippen LogP contribution in [0.3, 0.4) is 0 Å². The lowest BCUT2D eigenvalue weighted by Crippen LogP contribution is -2.37. The lowest BCUT2D eigenvalue weighted by atomic mass is 10.3. The van der Waals surface area contributed by atoms with Crippen LogP contribution in [0.1, 0.15) is 0 Å². The fourth-order valence-corrected chi connectivity index (χ4v) is 2.53. The van der Waals surface area contributed by atoms with Gasteiger partial charge in [0.25, 0.3) is 0 Å². The van der Waals surface area contributed by atoms with Crippen molar-refractivity contribution in [3.8, 4) is 0 Å². The van der Waals surface area contributed by atoms with Gasteiger partial charge < -0.3 is 10.2 Å². The Labute approximate surface area is 137 Å². The number of para-hydroxylation sites is 1. The Kier molecular flexibility index (Phi) is 4.41. The molecule has 24 heavy (non-hydrogen) atoms. The van der Waals surface area contributed by atoms with Gasteiger partial charge in [0.2, 0.25) is 5.91 Å². The molecule has 0 bridgehead atoms. The number of hydrogen-bond donors (Lipinski definition) is 1. The van der Waals surface area contributed by atoms with Crippen LogP contribution in [0.5, 0.6) is 0 Å². The first kappa shape index (κ1) is 15.9. The molecular weight excluding hydrogens is 316 g/mol. The van der Waals surface area contributed by atoms with Crippen LogP contribution < -0.4 is 10.2 Å². The van der Waals surface area contributed by atoms with Gasteiger partial charge in [-0.15, -0.1) is 0 Å².